The second-order valence-electron chi connectivity index (χ2n) is 6.07. The van der Waals surface area contributed by atoms with Crippen LogP contribution < -0.4 is 5.73 Å². The lowest BCUT2D eigenvalue weighted by Gasteiger charge is -2.46. The molecule has 0 aromatic carbocycles. The molecule has 7 N–H and O–H groups in total. The van der Waals surface area contributed by atoms with E-state index in [4.69, 9.17) is 29.4 Å². The monoisotopic (exact) mass is 383 g/mol. The van der Waals surface area contributed by atoms with E-state index in [0.29, 0.717) is 0 Å². The van der Waals surface area contributed by atoms with Gasteiger partial charge in [0.2, 0.25) is 0 Å². The van der Waals surface area contributed by atoms with Crippen molar-refractivity contribution in [3.8, 4) is 0 Å². The van der Waals surface area contributed by atoms with Crippen LogP contribution in [0.2, 0.25) is 0 Å². The van der Waals surface area contributed by atoms with Crippen LogP contribution >= 0.6 is 0 Å². The Morgan fingerprint density at radius 1 is 1.00 bits per heavy atom. The van der Waals surface area contributed by atoms with Crippen LogP contribution in [0.4, 0.5) is 0 Å². The summed E-state index contributed by atoms with van der Waals surface area (Å²) in [5, 5.41) is 48.9. The van der Waals surface area contributed by atoms with Gasteiger partial charge in [0.1, 0.15) is 36.6 Å². The fraction of sp³-hybridized carbons (Fsp3) is 0.929. The molecule has 2 heterocycles. The Morgan fingerprint density at radius 2 is 1.65 bits per heavy atom. The number of aliphatic hydroxyl groups excluding tert-OH is 4. The number of hydrogen-bond donors (Lipinski definition) is 6. The fourth-order valence-electron chi connectivity index (χ4n) is 3.05. The lowest BCUT2D eigenvalue weighted by atomic mass is 9.96. The molecule has 0 amide bonds. The molecule has 12 nitrogen and oxygen atoms in total. The van der Waals surface area contributed by atoms with Gasteiger partial charge in [-0.1, -0.05) is 0 Å². The minimum absolute atomic E-state index is 0.575. The van der Waals surface area contributed by atoms with Gasteiger partial charge in [-0.2, -0.15) is 0 Å². The number of methoxy groups -OCH3 is 2. The minimum Gasteiger partial charge on any atom is -0.479 e. The molecule has 7 unspecified atom stereocenters. The number of ether oxygens (including phenoxy) is 5. The average Bonchev–Trinajstić information content (AvgIpc) is 2.61. The first-order chi connectivity index (χ1) is 12.3. The smallest absolute Gasteiger partial charge is 0.335 e. The maximum absolute atomic E-state index is 11.5. The molecule has 26 heavy (non-hydrogen) atoms. The second-order valence-corrected chi connectivity index (χ2v) is 6.07. The second kappa shape index (κ2) is 8.84. The van der Waals surface area contributed by atoms with Gasteiger partial charge in [-0.15, -0.1) is 0 Å². The van der Waals surface area contributed by atoms with Gasteiger partial charge in [0.25, 0.3) is 0 Å². The summed E-state index contributed by atoms with van der Waals surface area (Å²) < 4.78 is 25.9. The van der Waals surface area contributed by atoms with Crippen molar-refractivity contribution in [1.82, 2.24) is 0 Å². The fourth-order valence-corrected chi connectivity index (χ4v) is 3.05. The first-order valence-electron chi connectivity index (χ1n) is 7.92. The highest BCUT2D eigenvalue weighted by Crippen LogP contribution is 2.29. The van der Waals surface area contributed by atoms with Crippen LogP contribution in [0.5, 0.6) is 0 Å². The van der Waals surface area contributed by atoms with Gasteiger partial charge in [-0.05, 0) is 0 Å². The Kier molecular flexibility index (Phi) is 7.27. The zero-order chi connectivity index (χ0) is 19.6. The molecule has 2 aliphatic heterocycles. The summed E-state index contributed by atoms with van der Waals surface area (Å²) in [6, 6.07) is -1.07. The summed E-state index contributed by atoms with van der Waals surface area (Å²) in [4.78, 5) is 11.5. The molecule has 2 rings (SSSR count). The molecule has 0 spiro atoms. The quantitative estimate of drug-likeness (QED) is 0.261. The molecule has 0 radical (unpaired) electrons. The summed E-state index contributed by atoms with van der Waals surface area (Å²) in [5.74, 6) is -1.46. The van der Waals surface area contributed by atoms with Crippen LogP contribution in [0.1, 0.15) is 0 Å². The number of carboxylic acids is 1. The number of carboxylic acid groups (broad SMARTS) is 1. The molecule has 2 aliphatic rings. The first-order valence-corrected chi connectivity index (χ1v) is 7.92. The van der Waals surface area contributed by atoms with Crippen LogP contribution in [-0.2, 0) is 28.5 Å². The number of aliphatic carboxylic acids is 1. The Bertz CT molecular complexity index is 480. The molecule has 0 bridgehead atoms. The van der Waals surface area contributed by atoms with Crippen LogP contribution in [0, 0.1) is 0 Å². The normalized spacial score (nSPS) is 46.9. The van der Waals surface area contributed by atoms with Crippen molar-refractivity contribution in [2.75, 3.05) is 20.8 Å². The molecular formula is C14H25NO11. The predicted octanol–water partition coefficient (Wildman–Crippen LogP) is -4.03. The molecule has 0 saturated carbocycles. The Hall–Kier alpha value is -0.930. The van der Waals surface area contributed by atoms with E-state index >= 15 is 0 Å². The molecular weight excluding hydrogens is 358 g/mol. The van der Waals surface area contributed by atoms with E-state index in [1.165, 1.54) is 14.2 Å². The van der Waals surface area contributed by atoms with Gasteiger partial charge < -0.3 is 55.0 Å². The third-order valence-corrected chi connectivity index (χ3v) is 4.48. The Balaban J connectivity index is 2.21. The van der Waals surface area contributed by atoms with Gasteiger partial charge in [0.15, 0.2) is 18.7 Å². The predicted molar refractivity (Wildman–Crippen MR) is 80.7 cm³/mol. The van der Waals surface area contributed by atoms with Gasteiger partial charge in [-0.3, -0.25) is 0 Å². The lowest BCUT2D eigenvalue weighted by Crippen LogP contribution is -2.67. The van der Waals surface area contributed by atoms with Crippen molar-refractivity contribution in [3.63, 3.8) is 0 Å². The van der Waals surface area contributed by atoms with E-state index in [9.17, 15) is 30.3 Å². The van der Waals surface area contributed by atoms with Crippen LogP contribution in [-0.4, -0.2) is 114 Å². The summed E-state index contributed by atoms with van der Waals surface area (Å²) in [6.07, 6.45) is -12.6. The summed E-state index contributed by atoms with van der Waals surface area (Å²) in [7, 11) is 2.47. The van der Waals surface area contributed by atoms with Crippen molar-refractivity contribution in [2.24, 2.45) is 5.73 Å². The molecule has 0 aromatic heterocycles. The Morgan fingerprint density at radius 3 is 2.15 bits per heavy atom. The van der Waals surface area contributed by atoms with Crippen molar-refractivity contribution in [3.05, 3.63) is 0 Å². The molecule has 0 aliphatic carbocycles. The average molecular weight is 383 g/mol. The summed E-state index contributed by atoms with van der Waals surface area (Å²) in [5.41, 5.74) is 5.94. The van der Waals surface area contributed by atoms with Gasteiger partial charge >= 0.3 is 5.97 Å². The third-order valence-electron chi connectivity index (χ3n) is 4.48. The largest absolute Gasteiger partial charge is 0.479 e. The number of carbonyl (C=O) groups is 1. The van der Waals surface area contributed by atoms with E-state index in [-0.39, 0.29) is 0 Å². The van der Waals surface area contributed by atoms with Crippen LogP contribution in [0.15, 0.2) is 0 Å². The minimum atomic E-state index is -1.69. The van der Waals surface area contributed by atoms with Crippen LogP contribution in [0.25, 0.3) is 0 Å². The number of rotatable bonds is 6. The van der Waals surface area contributed by atoms with E-state index in [2.05, 4.69) is 0 Å². The van der Waals surface area contributed by atoms with Crippen molar-refractivity contribution >= 4 is 5.97 Å². The number of hydrogen-bond acceptors (Lipinski definition) is 11. The van der Waals surface area contributed by atoms with Gasteiger partial charge in [0.05, 0.1) is 12.6 Å². The topological polar surface area (TPSA) is 190 Å². The highest BCUT2D eigenvalue weighted by molar-refractivity contribution is 5.73. The lowest BCUT2D eigenvalue weighted by molar-refractivity contribution is -0.337. The van der Waals surface area contributed by atoms with E-state index < -0.39 is 73.9 Å². The maximum Gasteiger partial charge on any atom is 0.335 e. The standard InChI is InChI=1S/C14H25NO11/c1-22-9-5(15)13(24-4(3-16)6(9)17)25-10-7(18)8(19)14(23-2)26-11(10)12(20)21/h4-11,13-14,16-19H,3,15H2,1-2H3,(H,20,21)/t4?,5?,6?,7?,8?,9-,10+,11?,13+,14?/m1/s1. The SMILES string of the molecule is COC1OC(C(=O)O)[C@@H](O[C@@H]2OC(CO)C(O)[C@H](OC)C2N)C(O)C1O. The van der Waals surface area contributed by atoms with Crippen molar-refractivity contribution in [2.45, 2.75) is 61.3 Å². The molecule has 10 atom stereocenters. The zero-order valence-electron chi connectivity index (χ0n) is 14.2. The number of aliphatic hydroxyl groups is 4. The van der Waals surface area contributed by atoms with Gasteiger partial charge in [-0.25, -0.2) is 4.79 Å². The first kappa shape index (κ1) is 21.4. The molecule has 12 heteroatoms. The van der Waals surface area contributed by atoms with Crippen molar-refractivity contribution in [1.29, 1.82) is 0 Å². The zero-order valence-corrected chi connectivity index (χ0v) is 14.2. The molecule has 2 saturated heterocycles. The van der Waals surface area contributed by atoms with E-state index in [0.717, 1.165) is 0 Å². The molecule has 0 aromatic rings. The Labute approximate surface area is 149 Å². The summed E-state index contributed by atoms with van der Waals surface area (Å²) >= 11 is 0. The summed E-state index contributed by atoms with van der Waals surface area (Å²) in [6.45, 7) is -0.575. The van der Waals surface area contributed by atoms with Crippen LogP contribution in [0.3, 0.4) is 0 Å². The highest BCUT2D eigenvalue weighted by Gasteiger charge is 2.52. The molecule has 2 fully saturated rings. The third kappa shape index (κ3) is 3.99. The van der Waals surface area contributed by atoms with Gasteiger partial charge in [0, 0.05) is 14.2 Å². The highest BCUT2D eigenvalue weighted by atomic mass is 16.7. The van der Waals surface area contributed by atoms with E-state index in [1.807, 2.05) is 0 Å². The molecule has 152 valence electrons. The van der Waals surface area contributed by atoms with E-state index in [1.54, 1.807) is 0 Å². The number of nitrogens with two attached hydrogens (primary N) is 1. The maximum atomic E-state index is 11.5. The van der Waals surface area contributed by atoms with Crippen molar-refractivity contribution < 1.29 is 54.0 Å².